The molecule has 0 unspecified atom stereocenters. The second-order valence-electron chi connectivity index (χ2n) is 6.24. The van der Waals surface area contributed by atoms with Crippen molar-refractivity contribution in [3.63, 3.8) is 0 Å². The molecule has 122 valence electrons. The molecule has 0 fully saturated rings. The summed E-state index contributed by atoms with van der Waals surface area (Å²) in [6, 6.07) is 21.0. The van der Waals surface area contributed by atoms with Crippen LogP contribution in [-0.2, 0) is 6.42 Å². The molecule has 0 spiro atoms. The first-order valence-corrected chi connectivity index (χ1v) is 8.39. The molecule has 0 radical (unpaired) electrons. The number of fused-ring (bicyclic) bond motifs is 1. The molecule has 4 rings (SSSR count). The lowest BCUT2D eigenvalue weighted by Crippen LogP contribution is -1.89. The third kappa shape index (κ3) is 3.50. The van der Waals surface area contributed by atoms with Gasteiger partial charge in [-0.25, -0.2) is 0 Å². The molecule has 1 N–H and O–H groups in total. The molecule has 0 aliphatic carbocycles. The number of rotatable bonds is 4. The molecule has 2 heterocycles. The van der Waals surface area contributed by atoms with Crippen LogP contribution in [0, 0.1) is 6.92 Å². The third-order valence-corrected chi connectivity index (χ3v) is 4.25. The van der Waals surface area contributed by atoms with Gasteiger partial charge in [-0.05, 0) is 60.9 Å². The standard InChI is InChI=1S/C22H19N3/c1-16-5-4-6-17(13-16)14-18-8-10-21-20(15-18)22(25-24-21)11-9-19-7-2-3-12-23-19/h2-13,15H,14H2,1H3,(H,24,25)/b11-9+. The topological polar surface area (TPSA) is 41.6 Å². The van der Waals surface area contributed by atoms with Gasteiger partial charge >= 0.3 is 0 Å². The molecular weight excluding hydrogens is 306 g/mol. The average molecular weight is 325 g/mol. The number of hydrogen-bond acceptors (Lipinski definition) is 2. The molecule has 4 aromatic rings. The molecule has 0 aliphatic rings. The fourth-order valence-electron chi connectivity index (χ4n) is 3.02. The average Bonchev–Trinajstić information content (AvgIpc) is 3.03. The van der Waals surface area contributed by atoms with Crippen LogP contribution in [0.1, 0.15) is 28.1 Å². The first kappa shape index (κ1) is 15.3. The number of aromatic nitrogens is 3. The summed E-state index contributed by atoms with van der Waals surface area (Å²) in [7, 11) is 0. The van der Waals surface area contributed by atoms with Crippen LogP contribution in [0.25, 0.3) is 23.1 Å². The van der Waals surface area contributed by atoms with Crippen molar-refractivity contribution < 1.29 is 0 Å². The van der Waals surface area contributed by atoms with Gasteiger partial charge in [0, 0.05) is 11.6 Å². The van der Waals surface area contributed by atoms with Crippen molar-refractivity contribution in [1.82, 2.24) is 15.2 Å². The molecule has 0 bridgehead atoms. The molecule has 2 aromatic carbocycles. The Hall–Kier alpha value is -3.20. The number of benzene rings is 2. The summed E-state index contributed by atoms with van der Waals surface area (Å²) < 4.78 is 0. The Morgan fingerprint density at radius 3 is 2.68 bits per heavy atom. The van der Waals surface area contributed by atoms with Gasteiger partial charge in [-0.2, -0.15) is 5.10 Å². The van der Waals surface area contributed by atoms with E-state index in [9.17, 15) is 0 Å². The monoisotopic (exact) mass is 325 g/mol. The van der Waals surface area contributed by atoms with Crippen LogP contribution < -0.4 is 0 Å². The predicted octanol–water partition coefficient (Wildman–Crippen LogP) is 5.03. The molecule has 0 aliphatic heterocycles. The van der Waals surface area contributed by atoms with Crippen molar-refractivity contribution in [2.24, 2.45) is 0 Å². The minimum atomic E-state index is 0.923. The lowest BCUT2D eigenvalue weighted by Gasteiger charge is -2.04. The Balaban J connectivity index is 1.64. The number of nitrogens with zero attached hydrogens (tertiary/aromatic N) is 2. The predicted molar refractivity (Wildman–Crippen MR) is 103 cm³/mol. The van der Waals surface area contributed by atoms with Crippen LogP contribution in [0.5, 0.6) is 0 Å². The molecule has 25 heavy (non-hydrogen) atoms. The number of aryl methyl sites for hydroxylation is 1. The molecule has 3 nitrogen and oxygen atoms in total. The Kier molecular flexibility index (Phi) is 4.13. The lowest BCUT2D eigenvalue weighted by molar-refractivity contribution is 1.11. The van der Waals surface area contributed by atoms with Crippen LogP contribution in [0.15, 0.2) is 66.9 Å². The largest absolute Gasteiger partial charge is 0.277 e. The Bertz CT molecular complexity index is 1030. The zero-order valence-corrected chi connectivity index (χ0v) is 14.1. The highest BCUT2D eigenvalue weighted by atomic mass is 15.1. The summed E-state index contributed by atoms with van der Waals surface area (Å²) in [5.74, 6) is 0. The van der Waals surface area contributed by atoms with E-state index < -0.39 is 0 Å². The first-order chi connectivity index (χ1) is 12.3. The van der Waals surface area contributed by atoms with Crippen LogP contribution in [-0.4, -0.2) is 15.2 Å². The van der Waals surface area contributed by atoms with E-state index in [1.807, 2.05) is 30.4 Å². The number of H-pyrrole nitrogens is 1. The summed E-state index contributed by atoms with van der Waals surface area (Å²) in [6.07, 6.45) is 6.72. The maximum atomic E-state index is 4.43. The Morgan fingerprint density at radius 1 is 0.920 bits per heavy atom. The van der Waals surface area contributed by atoms with Crippen molar-refractivity contribution in [1.29, 1.82) is 0 Å². The van der Waals surface area contributed by atoms with Gasteiger partial charge in [-0.1, -0.05) is 42.0 Å². The highest BCUT2D eigenvalue weighted by molar-refractivity contribution is 5.89. The molecule has 0 saturated heterocycles. The van der Waals surface area contributed by atoms with Gasteiger partial charge in [-0.15, -0.1) is 0 Å². The fraction of sp³-hybridized carbons (Fsp3) is 0.0909. The van der Waals surface area contributed by atoms with Crippen molar-refractivity contribution in [3.05, 3.63) is 94.9 Å². The summed E-state index contributed by atoms with van der Waals surface area (Å²) in [6.45, 7) is 2.13. The van der Waals surface area contributed by atoms with Gasteiger partial charge in [0.15, 0.2) is 0 Å². The number of aromatic amines is 1. The number of nitrogens with one attached hydrogen (secondary N) is 1. The normalized spacial score (nSPS) is 11.4. The SMILES string of the molecule is Cc1cccc(Cc2ccc3[nH]nc(/C=C/c4ccccn4)c3c2)c1. The highest BCUT2D eigenvalue weighted by Crippen LogP contribution is 2.21. The van der Waals surface area contributed by atoms with Crippen molar-refractivity contribution in [3.8, 4) is 0 Å². The highest BCUT2D eigenvalue weighted by Gasteiger charge is 2.05. The second-order valence-corrected chi connectivity index (χ2v) is 6.24. The van der Waals surface area contributed by atoms with Gasteiger partial charge < -0.3 is 0 Å². The van der Waals surface area contributed by atoms with E-state index in [0.29, 0.717) is 0 Å². The maximum Gasteiger partial charge on any atom is 0.0928 e. The van der Waals surface area contributed by atoms with Crippen LogP contribution in [0.4, 0.5) is 0 Å². The zero-order valence-electron chi connectivity index (χ0n) is 14.1. The zero-order chi connectivity index (χ0) is 17.1. The van der Waals surface area contributed by atoms with E-state index in [1.165, 1.54) is 16.7 Å². The fourth-order valence-corrected chi connectivity index (χ4v) is 3.02. The molecule has 2 aromatic heterocycles. The van der Waals surface area contributed by atoms with Crippen molar-refractivity contribution in [2.45, 2.75) is 13.3 Å². The third-order valence-electron chi connectivity index (χ3n) is 4.25. The minimum absolute atomic E-state index is 0.923. The smallest absolute Gasteiger partial charge is 0.0928 e. The molecule has 3 heteroatoms. The van der Waals surface area contributed by atoms with E-state index in [2.05, 4.69) is 64.6 Å². The number of hydrogen-bond donors (Lipinski definition) is 1. The van der Waals surface area contributed by atoms with E-state index >= 15 is 0 Å². The van der Waals surface area contributed by atoms with E-state index in [-0.39, 0.29) is 0 Å². The maximum absolute atomic E-state index is 4.43. The summed E-state index contributed by atoms with van der Waals surface area (Å²) in [5, 5.41) is 8.67. The molecular formula is C22H19N3. The van der Waals surface area contributed by atoms with Crippen molar-refractivity contribution >= 4 is 23.1 Å². The van der Waals surface area contributed by atoms with Gasteiger partial charge in [0.1, 0.15) is 0 Å². The second kappa shape index (κ2) is 6.73. The molecule has 0 saturated carbocycles. The molecule has 0 amide bonds. The van der Waals surface area contributed by atoms with Gasteiger partial charge in [-0.3, -0.25) is 10.1 Å². The van der Waals surface area contributed by atoms with Gasteiger partial charge in [0.2, 0.25) is 0 Å². The van der Waals surface area contributed by atoms with Gasteiger partial charge in [0.05, 0.1) is 16.9 Å². The van der Waals surface area contributed by atoms with E-state index in [1.54, 1.807) is 6.20 Å². The van der Waals surface area contributed by atoms with Crippen molar-refractivity contribution in [2.75, 3.05) is 0 Å². The number of pyridine rings is 1. The van der Waals surface area contributed by atoms with Gasteiger partial charge in [0.25, 0.3) is 0 Å². The van der Waals surface area contributed by atoms with E-state index in [0.717, 1.165) is 28.7 Å². The van der Waals surface area contributed by atoms with Crippen LogP contribution >= 0.6 is 0 Å². The van der Waals surface area contributed by atoms with E-state index in [4.69, 9.17) is 0 Å². The minimum Gasteiger partial charge on any atom is -0.277 e. The first-order valence-electron chi connectivity index (χ1n) is 8.39. The molecule has 0 atom stereocenters. The van der Waals surface area contributed by atoms with Crippen LogP contribution in [0.2, 0.25) is 0 Å². The summed E-state index contributed by atoms with van der Waals surface area (Å²) >= 11 is 0. The lowest BCUT2D eigenvalue weighted by atomic mass is 10.0. The Labute approximate surface area is 147 Å². The summed E-state index contributed by atoms with van der Waals surface area (Å²) in [4.78, 5) is 4.32. The Morgan fingerprint density at radius 2 is 1.84 bits per heavy atom. The summed E-state index contributed by atoms with van der Waals surface area (Å²) in [5.41, 5.74) is 6.82. The quantitative estimate of drug-likeness (QED) is 0.572. The van der Waals surface area contributed by atoms with Crippen LogP contribution in [0.3, 0.4) is 0 Å².